The van der Waals surface area contributed by atoms with E-state index in [1.807, 2.05) is 36.6 Å². The lowest BCUT2D eigenvalue weighted by Gasteiger charge is -2.21. The molecule has 3 aromatic rings. The zero-order chi connectivity index (χ0) is 19.9. The van der Waals surface area contributed by atoms with Crippen LogP contribution < -0.4 is 5.32 Å². The molecule has 3 rings (SSSR count). The summed E-state index contributed by atoms with van der Waals surface area (Å²) in [5.41, 5.74) is 2.12. The van der Waals surface area contributed by atoms with Crippen molar-refractivity contribution < 1.29 is 9.59 Å². The molecule has 0 radical (unpaired) electrons. The van der Waals surface area contributed by atoms with Gasteiger partial charge in [0.2, 0.25) is 0 Å². The minimum atomic E-state index is -0.238. The molecule has 1 aromatic heterocycles. The van der Waals surface area contributed by atoms with E-state index in [2.05, 4.69) is 17.4 Å². The van der Waals surface area contributed by atoms with Crippen molar-refractivity contribution in [3.05, 3.63) is 87.1 Å². The first-order valence-electron chi connectivity index (χ1n) is 9.06. The molecule has 4 nitrogen and oxygen atoms in total. The second-order valence-electron chi connectivity index (χ2n) is 6.25. The van der Waals surface area contributed by atoms with Gasteiger partial charge in [-0.15, -0.1) is 11.3 Å². The van der Waals surface area contributed by atoms with E-state index < -0.39 is 0 Å². The second-order valence-corrected chi connectivity index (χ2v) is 7.60. The molecular weight excluding hydrogens is 392 g/mol. The average molecular weight is 413 g/mol. The van der Waals surface area contributed by atoms with E-state index in [1.165, 1.54) is 16.9 Å². The number of halogens is 1. The smallest absolute Gasteiger partial charge is 0.265 e. The summed E-state index contributed by atoms with van der Waals surface area (Å²) in [5, 5.41) is 5.02. The molecule has 6 heteroatoms. The summed E-state index contributed by atoms with van der Waals surface area (Å²) in [6.45, 7) is 3.18. The highest BCUT2D eigenvalue weighted by atomic mass is 35.5. The summed E-state index contributed by atoms with van der Waals surface area (Å²) < 4.78 is 0. The second kappa shape index (κ2) is 9.53. The molecule has 0 aliphatic rings. The molecule has 144 valence electrons. The Hall–Kier alpha value is -2.63. The van der Waals surface area contributed by atoms with Gasteiger partial charge < -0.3 is 10.2 Å². The first-order valence-corrected chi connectivity index (χ1v) is 10.3. The van der Waals surface area contributed by atoms with Crippen molar-refractivity contribution in [1.29, 1.82) is 0 Å². The van der Waals surface area contributed by atoms with Crippen LogP contribution >= 0.6 is 22.9 Å². The number of amides is 2. The Bertz CT molecular complexity index is 942. The van der Waals surface area contributed by atoms with E-state index in [1.54, 1.807) is 29.2 Å². The van der Waals surface area contributed by atoms with Crippen LogP contribution in [0, 0.1) is 0 Å². The minimum absolute atomic E-state index is 0.0817. The van der Waals surface area contributed by atoms with Crippen LogP contribution in [0.5, 0.6) is 0 Å². The van der Waals surface area contributed by atoms with E-state index in [9.17, 15) is 9.59 Å². The average Bonchev–Trinajstić information content (AvgIpc) is 3.26. The van der Waals surface area contributed by atoms with Gasteiger partial charge in [0.15, 0.2) is 0 Å². The summed E-state index contributed by atoms with van der Waals surface area (Å²) in [6, 6.07) is 18.6. The van der Waals surface area contributed by atoms with Gasteiger partial charge in [-0.2, -0.15) is 0 Å². The lowest BCUT2D eigenvalue weighted by Crippen LogP contribution is -2.32. The normalized spacial score (nSPS) is 10.5. The largest absolute Gasteiger partial charge is 0.339 e. The fourth-order valence-electron chi connectivity index (χ4n) is 2.84. The summed E-state index contributed by atoms with van der Waals surface area (Å²) in [5.74, 6) is -0.320. The van der Waals surface area contributed by atoms with Crippen LogP contribution in [0.3, 0.4) is 0 Å². The van der Waals surface area contributed by atoms with Crippen LogP contribution in [0.2, 0.25) is 5.02 Å². The molecule has 2 amide bonds. The molecule has 0 saturated carbocycles. The molecule has 0 spiro atoms. The number of hydrogen-bond donors (Lipinski definition) is 1. The molecule has 0 bridgehead atoms. The van der Waals surface area contributed by atoms with Crippen LogP contribution in [0.25, 0.3) is 0 Å². The van der Waals surface area contributed by atoms with Gasteiger partial charge in [0.1, 0.15) is 0 Å². The molecule has 2 aromatic carbocycles. The van der Waals surface area contributed by atoms with Gasteiger partial charge >= 0.3 is 0 Å². The van der Waals surface area contributed by atoms with Crippen molar-refractivity contribution in [2.24, 2.45) is 0 Å². The van der Waals surface area contributed by atoms with Crippen molar-refractivity contribution in [1.82, 2.24) is 4.90 Å². The number of rotatable bonds is 7. The van der Waals surface area contributed by atoms with E-state index in [-0.39, 0.29) is 11.8 Å². The van der Waals surface area contributed by atoms with Crippen molar-refractivity contribution in [3.8, 4) is 0 Å². The maximum Gasteiger partial charge on any atom is 0.265 e. The van der Waals surface area contributed by atoms with Gasteiger partial charge in [-0.3, -0.25) is 9.59 Å². The molecule has 0 atom stereocenters. The fraction of sp³-hybridized carbons (Fsp3) is 0.182. The first-order chi connectivity index (χ1) is 13.6. The maximum atomic E-state index is 12.9. The monoisotopic (exact) mass is 412 g/mol. The number of carbonyl (C=O) groups excluding carboxylic acids is 2. The van der Waals surface area contributed by atoms with E-state index in [0.717, 1.165) is 6.42 Å². The van der Waals surface area contributed by atoms with Crippen LogP contribution in [0.15, 0.2) is 66.0 Å². The lowest BCUT2D eigenvalue weighted by atomic mass is 10.1. The Morgan fingerprint density at radius 3 is 2.54 bits per heavy atom. The molecule has 0 aliphatic heterocycles. The van der Waals surface area contributed by atoms with E-state index >= 15 is 0 Å². The number of nitrogens with zero attached hydrogens (tertiary/aromatic N) is 1. The van der Waals surface area contributed by atoms with Crippen LogP contribution in [0.4, 0.5) is 5.69 Å². The highest BCUT2D eigenvalue weighted by molar-refractivity contribution is 7.12. The molecule has 28 heavy (non-hydrogen) atoms. The Labute approximate surface area is 173 Å². The van der Waals surface area contributed by atoms with E-state index in [0.29, 0.717) is 34.2 Å². The highest BCUT2D eigenvalue weighted by Crippen LogP contribution is 2.25. The van der Waals surface area contributed by atoms with Crippen molar-refractivity contribution >= 4 is 40.4 Å². The number of thiophene rings is 1. The predicted octanol–water partition coefficient (Wildman–Crippen LogP) is 5.36. The van der Waals surface area contributed by atoms with Crippen LogP contribution in [0.1, 0.15) is 32.5 Å². The zero-order valence-electron chi connectivity index (χ0n) is 15.5. The number of likely N-dealkylation sites (N-methyl/N-ethyl adjacent to an activating group) is 1. The molecule has 1 N–H and O–H groups in total. The Kier molecular flexibility index (Phi) is 6.85. The Morgan fingerprint density at radius 1 is 1.07 bits per heavy atom. The topological polar surface area (TPSA) is 49.4 Å². The van der Waals surface area contributed by atoms with Gasteiger partial charge in [0.05, 0.1) is 15.6 Å². The third kappa shape index (κ3) is 5.00. The maximum absolute atomic E-state index is 12.9. The summed E-state index contributed by atoms with van der Waals surface area (Å²) in [6.07, 6.45) is 0.788. The number of hydrogen-bond acceptors (Lipinski definition) is 3. The van der Waals surface area contributed by atoms with Gasteiger partial charge in [0.25, 0.3) is 11.8 Å². The number of benzene rings is 2. The zero-order valence-corrected chi connectivity index (χ0v) is 17.1. The van der Waals surface area contributed by atoms with Crippen LogP contribution in [-0.4, -0.2) is 29.8 Å². The highest BCUT2D eigenvalue weighted by Gasteiger charge is 2.17. The molecule has 0 fully saturated rings. The molecule has 1 heterocycles. The SMILES string of the molecule is CCN(CCc1ccccc1)C(=O)c1ccc(Cl)c(NC(=O)c2cccs2)c1. The summed E-state index contributed by atoms with van der Waals surface area (Å²) in [7, 11) is 0. The van der Waals surface area contributed by atoms with Crippen molar-refractivity contribution in [2.75, 3.05) is 18.4 Å². The molecule has 0 aliphatic carbocycles. The molecule has 0 saturated heterocycles. The molecular formula is C22H21ClN2O2S. The quantitative estimate of drug-likeness (QED) is 0.568. The summed E-state index contributed by atoms with van der Waals surface area (Å²) in [4.78, 5) is 27.6. The number of carbonyl (C=O) groups is 2. The minimum Gasteiger partial charge on any atom is -0.339 e. The predicted molar refractivity (Wildman–Crippen MR) is 115 cm³/mol. The Morgan fingerprint density at radius 2 is 1.86 bits per heavy atom. The van der Waals surface area contributed by atoms with Gasteiger partial charge in [-0.1, -0.05) is 48.0 Å². The van der Waals surface area contributed by atoms with Gasteiger partial charge in [-0.25, -0.2) is 0 Å². The lowest BCUT2D eigenvalue weighted by molar-refractivity contribution is 0.0766. The van der Waals surface area contributed by atoms with Crippen molar-refractivity contribution in [2.45, 2.75) is 13.3 Å². The van der Waals surface area contributed by atoms with Crippen molar-refractivity contribution in [3.63, 3.8) is 0 Å². The molecule has 0 unspecified atom stereocenters. The standard InChI is InChI=1S/C22H21ClN2O2S/c1-2-25(13-12-16-7-4-3-5-8-16)22(27)17-10-11-18(23)19(15-17)24-21(26)20-9-6-14-28-20/h3-11,14-15H,2,12-13H2,1H3,(H,24,26). The summed E-state index contributed by atoms with van der Waals surface area (Å²) >= 11 is 7.57. The van der Waals surface area contributed by atoms with Gasteiger partial charge in [0, 0.05) is 18.7 Å². The van der Waals surface area contributed by atoms with E-state index in [4.69, 9.17) is 11.6 Å². The Balaban J connectivity index is 1.72. The van der Waals surface area contributed by atoms with Crippen LogP contribution in [-0.2, 0) is 6.42 Å². The fourth-order valence-corrected chi connectivity index (χ4v) is 3.62. The first kappa shape index (κ1) is 20.1. The van der Waals surface area contributed by atoms with Gasteiger partial charge in [-0.05, 0) is 48.6 Å². The number of nitrogens with one attached hydrogen (secondary N) is 1. The third-order valence-electron chi connectivity index (χ3n) is 4.39. The third-order valence-corrected chi connectivity index (χ3v) is 5.59. The number of anilines is 1.